The zero-order valence-corrected chi connectivity index (χ0v) is 12.3. The number of amides is 2. The van der Waals surface area contributed by atoms with Crippen molar-refractivity contribution < 1.29 is 14.6 Å². The van der Waals surface area contributed by atoms with Crippen LogP contribution < -0.4 is 15.4 Å². The molecule has 0 aliphatic heterocycles. The number of aliphatic hydroxyl groups excluding tert-OH is 1. The van der Waals surface area contributed by atoms with Gasteiger partial charge in [0.15, 0.2) is 0 Å². The molecule has 6 nitrogen and oxygen atoms in total. The van der Waals surface area contributed by atoms with Crippen LogP contribution in [0.5, 0.6) is 5.88 Å². The van der Waals surface area contributed by atoms with Gasteiger partial charge < -0.3 is 20.5 Å². The molecular formula is C15H23N3O3. The summed E-state index contributed by atoms with van der Waals surface area (Å²) in [5.41, 5.74) is 0.904. The Hall–Kier alpha value is -1.82. The minimum absolute atomic E-state index is 0.234. The molecule has 1 fully saturated rings. The van der Waals surface area contributed by atoms with Gasteiger partial charge in [0.25, 0.3) is 0 Å². The first-order valence-electron chi connectivity index (χ1n) is 7.45. The normalized spacial score (nSPS) is 16.5. The number of hydrogen-bond donors (Lipinski definition) is 3. The Morgan fingerprint density at radius 1 is 1.43 bits per heavy atom. The molecule has 0 saturated heterocycles. The molecule has 2 rings (SSSR count). The smallest absolute Gasteiger partial charge is 0.315 e. The maximum atomic E-state index is 11.4. The van der Waals surface area contributed by atoms with Gasteiger partial charge in [-0.15, -0.1) is 0 Å². The molecule has 0 bridgehead atoms. The zero-order chi connectivity index (χ0) is 15.1. The molecule has 0 radical (unpaired) electrons. The maximum Gasteiger partial charge on any atom is 0.315 e. The number of nitrogens with zero attached hydrogens (tertiary/aromatic N) is 1. The minimum atomic E-state index is -0.551. The summed E-state index contributed by atoms with van der Waals surface area (Å²) in [6.45, 7) is 2.24. The second-order valence-electron chi connectivity index (χ2n) is 5.44. The van der Waals surface area contributed by atoms with Gasteiger partial charge in [0.1, 0.15) is 6.10 Å². The number of ether oxygens (including phenoxy) is 1. The van der Waals surface area contributed by atoms with E-state index in [4.69, 9.17) is 9.84 Å². The van der Waals surface area contributed by atoms with Crippen molar-refractivity contribution in [1.29, 1.82) is 0 Å². The van der Waals surface area contributed by atoms with E-state index in [0.29, 0.717) is 18.5 Å². The highest BCUT2D eigenvalue weighted by Gasteiger charge is 2.16. The lowest BCUT2D eigenvalue weighted by Gasteiger charge is -2.12. The summed E-state index contributed by atoms with van der Waals surface area (Å²) in [6, 6.07) is 3.43. The predicted octanol–water partition coefficient (Wildman–Crippen LogP) is 1.58. The average Bonchev–Trinajstić information content (AvgIpc) is 2.97. The lowest BCUT2D eigenvalue weighted by atomic mass is 10.3. The third-order valence-electron chi connectivity index (χ3n) is 3.40. The third-order valence-corrected chi connectivity index (χ3v) is 3.40. The van der Waals surface area contributed by atoms with E-state index in [1.165, 1.54) is 12.8 Å². The lowest BCUT2D eigenvalue weighted by Crippen LogP contribution is -2.38. The van der Waals surface area contributed by atoms with Crippen LogP contribution in [0.2, 0.25) is 0 Å². The number of carbonyl (C=O) groups excluding carboxylic acids is 1. The fourth-order valence-corrected chi connectivity index (χ4v) is 2.25. The van der Waals surface area contributed by atoms with Crippen LogP contribution >= 0.6 is 0 Å². The van der Waals surface area contributed by atoms with Crippen LogP contribution in [0.4, 0.5) is 4.79 Å². The average molecular weight is 293 g/mol. The first-order chi connectivity index (χ1) is 10.1. The molecule has 0 aromatic carbocycles. The number of rotatable bonds is 6. The molecule has 0 spiro atoms. The van der Waals surface area contributed by atoms with Crippen LogP contribution in [0.3, 0.4) is 0 Å². The molecule has 1 aromatic rings. The number of carbonyl (C=O) groups is 1. The predicted molar refractivity (Wildman–Crippen MR) is 79.0 cm³/mol. The van der Waals surface area contributed by atoms with Crippen molar-refractivity contribution in [3.8, 4) is 5.88 Å². The van der Waals surface area contributed by atoms with Gasteiger partial charge in [-0.2, -0.15) is 0 Å². The van der Waals surface area contributed by atoms with E-state index in [2.05, 4.69) is 15.6 Å². The van der Waals surface area contributed by atoms with Crippen molar-refractivity contribution >= 4 is 6.03 Å². The van der Waals surface area contributed by atoms with E-state index in [1.54, 1.807) is 13.1 Å². The van der Waals surface area contributed by atoms with E-state index in [-0.39, 0.29) is 12.6 Å². The summed E-state index contributed by atoms with van der Waals surface area (Å²) in [4.78, 5) is 15.7. The minimum Gasteiger partial charge on any atom is -0.474 e. The van der Waals surface area contributed by atoms with E-state index in [9.17, 15) is 4.79 Å². The van der Waals surface area contributed by atoms with Crippen molar-refractivity contribution in [3.05, 3.63) is 23.9 Å². The topological polar surface area (TPSA) is 83.5 Å². The summed E-state index contributed by atoms with van der Waals surface area (Å²) in [5, 5.41) is 14.3. The fourth-order valence-electron chi connectivity index (χ4n) is 2.25. The second kappa shape index (κ2) is 7.83. The second-order valence-corrected chi connectivity index (χ2v) is 5.44. The monoisotopic (exact) mass is 293 g/mol. The molecule has 1 unspecified atom stereocenters. The first kappa shape index (κ1) is 15.6. The lowest BCUT2D eigenvalue weighted by molar-refractivity contribution is 0.187. The summed E-state index contributed by atoms with van der Waals surface area (Å²) in [7, 11) is 0. The molecule has 116 valence electrons. The van der Waals surface area contributed by atoms with Gasteiger partial charge in [0.2, 0.25) is 5.88 Å². The highest BCUT2D eigenvalue weighted by molar-refractivity contribution is 5.73. The maximum absolute atomic E-state index is 11.4. The summed E-state index contributed by atoms with van der Waals surface area (Å²) in [6.07, 6.45) is 6.13. The highest BCUT2D eigenvalue weighted by atomic mass is 16.5. The summed E-state index contributed by atoms with van der Waals surface area (Å²) >= 11 is 0. The highest BCUT2D eigenvalue weighted by Crippen LogP contribution is 2.22. The molecule has 1 heterocycles. The molecular weight excluding hydrogens is 270 g/mol. The number of urea groups is 1. The molecule has 6 heteroatoms. The Kier molecular flexibility index (Phi) is 5.80. The summed E-state index contributed by atoms with van der Waals surface area (Å²) in [5.74, 6) is 0.643. The Balaban J connectivity index is 1.72. The van der Waals surface area contributed by atoms with Crippen molar-refractivity contribution in [2.45, 2.75) is 51.4 Å². The van der Waals surface area contributed by atoms with Gasteiger partial charge in [-0.1, -0.05) is 6.07 Å². The van der Waals surface area contributed by atoms with E-state index < -0.39 is 6.10 Å². The largest absolute Gasteiger partial charge is 0.474 e. The van der Waals surface area contributed by atoms with Crippen LogP contribution in [0.15, 0.2) is 18.3 Å². The van der Waals surface area contributed by atoms with Crippen LogP contribution in [-0.4, -0.2) is 34.9 Å². The Morgan fingerprint density at radius 2 is 2.19 bits per heavy atom. The quantitative estimate of drug-likeness (QED) is 0.743. The molecule has 21 heavy (non-hydrogen) atoms. The molecule has 2 amide bonds. The standard InChI is InChI=1S/C15H23N3O3/c1-11(19)8-17-15(20)18-10-12-6-7-14(16-9-12)21-13-4-2-3-5-13/h6-7,9,11,13,19H,2-5,8,10H2,1H3,(H2,17,18,20). The van der Waals surface area contributed by atoms with Crippen molar-refractivity contribution in [1.82, 2.24) is 15.6 Å². The van der Waals surface area contributed by atoms with Crippen molar-refractivity contribution in [2.75, 3.05) is 6.54 Å². The van der Waals surface area contributed by atoms with Crippen molar-refractivity contribution in [2.24, 2.45) is 0 Å². The Morgan fingerprint density at radius 3 is 2.81 bits per heavy atom. The summed E-state index contributed by atoms with van der Waals surface area (Å²) < 4.78 is 5.78. The fraction of sp³-hybridized carbons (Fsp3) is 0.600. The van der Waals surface area contributed by atoms with Crippen LogP contribution in [0.1, 0.15) is 38.2 Å². The molecule has 1 aliphatic carbocycles. The van der Waals surface area contributed by atoms with Gasteiger partial charge in [-0.3, -0.25) is 0 Å². The Bertz CT molecular complexity index is 442. The van der Waals surface area contributed by atoms with Gasteiger partial charge >= 0.3 is 6.03 Å². The molecule has 1 aliphatic rings. The van der Waals surface area contributed by atoms with Crippen LogP contribution in [-0.2, 0) is 6.54 Å². The van der Waals surface area contributed by atoms with E-state index in [1.807, 2.05) is 12.1 Å². The number of aromatic nitrogens is 1. The molecule has 1 saturated carbocycles. The molecule has 3 N–H and O–H groups in total. The molecule has 1 atom stereocenters. The van der Waals surface area contributed by atoms with Crippen molar-refractivity contribution in [3.63, 3.8) is 0 Å². The number of aliphatic hydroxyl groups is 1. The first-order valence-corrected chi connectivity index (χ1v) is 7.45. The van der Waals surface area contributed by atoms with E-state index >= 15 is 0 Å². The number of hydrogen-bond acceptors (Lipinski definition) is 4. The Labute approximate surface area is 124 Å². The SMILES string of the molecule is CC(O)CNC(=O)NCc1ccc(OC2CCCC2)nc1. The number of pyridine rings is 1. The zero-order valence-electron chi connectivity index (χ0n) is 12.3. The van der Waals surface area contributed by atoms with Gasteiger partial charge in [0.05, 0.1) is 6.10 Å². The van der Waals surface area contributed by atoms with Crippen LogP contribution in [0, 0.1) is 0 Å². The van der Waals surface area contributed by atoms with Gasteiger partial charge in [-0.25, -0.2) is 9.78 Å². The van der Waals surface area contributed by atoms with Gasteiger partial charge in [0, 0.05) is 25.4 Å². The van der Waals surface area contributed by atoms with Crippen LogP contribution in [0.25, 0.3) is 0 Å². The van der Waals surface area contributed by atoms with Gasteiger partial charge in [-0.05, 0) is 38.2 Å². The third kappa shape index (κ3) is 5.59. The molecule has 1 aromatic heterocycles. The number of nitrogens with one attached hydrogen (secondary N) is 2. The van der Waals surface area contributed by atoms with E-state index in [0.717, 1.165) is 18.4 Å².